The lowest BCUT2D eigenvalue weighted by molar-refractivity contribution is -0.139. The van der Waals surface area contributed by atoms with E-state index in [0.29, 0.717) is 0 Å². The second-order valence-electron chi connectivity index (χ2n) is 9.57. The van der Waals surface area contributed by atoms with E-state index >= 15 is 0 Å². The molecule has 1 heterocycles. The Hall–Kier alpha value is -2.86. The number of hydrogen-bond donors (Lipinski definition) is 2. The average molecular weight is 464 g/mol. The third kappa shape index (κ3) is 5.79. The number of likely N-dealkylation sites (N-methyl/N-ethyl adjacent to an activating group) is 1. The Morgan fingerprint density at radius 3 is 2.26 bits per heavy atom. The maximum Gasteiger partial charge on any atom is 0.245 e. The highest BCUT2D eigenvalue weighted by atomic mass is 16.5. The predicted molar refractivity (Wildman–Crippen MR) is 134 cm³/mol. The normalized spacial score (nSPS) is 20.5. The van der Waals surface area contributed by atoms with Crippen LogP contribution in [0.4, 0.5) is 0 Å². The molecule has 2 amide bonds. The van der Waals surface area contributed by atoms with Gasteiger partial charge >= 0.3 is 0 Å². The third-order valence-corrected chi connectivity index (χ3v) is 7.29. The minimum atomic E-state index is -0.454. The van der Waals surface area contributed by atoms with E-state index in [2.05, 4.69) is 22.8 Å². The quantitative estimate of drug-likeness (QED) is 0.589. The lowest BCUT2D eigenvalue weighted by atomic mass is 9.83. The first-order chi connectivity index (χ1) is 16.6. The number of likely N-dealkylation sites (tertiary alicyclic amines) is 1. The van der Waals surface area contributed by atoms with Crippen LogP contribution in [0.15, 0.2) is 54.6 Å². The van der Waals surface area contributed by atoms with E-state index in [9.17, 15) is 9.59 Å². The number of amides is 2. The number of carbonyl (C=O) groups excluding carboxylic acids is 2. The highest BCUT2D eigenvalue weighted by Gasteiger charge is 2.39. The first-order valence-electron chi connectivity index (χ1n) is 12.7. The molecule has 2 N–H and O–H groups in total. The summed E-state index contributed by atoms with van der Waals surface area (Å²) < 4.78 is 5.93. The van der Waals surface area contributed by atoms with Crippen LogP contribution in [0.25, 0.3) is 0 Å². The molecule has 2 fully saturated rings. The second-order valence-corrected chi connectivity index (χ2v) is 9.57. The fourth-order valence-corrected chi connectivity index (χ4v) is 5.20. The van der Waals surface area contributed by atoms with Gasteiger partial charge in [-0.3, -0.25) is 9.59 Å². The van der Waals surface area contributed by atoms with Gasteiger partial charge in [-0.25, -0.2) is 0 Å². The van der Waals surface area contributed by atoms with Gasteiger partial charge in [-0.2, -0.15) is 0 Å². The van der Waals surface area contributed by atoms with Gasteiger partial charge in [-0.1, -0.05) is 49.6 Å². The van der Waals surface area contributed by atoms with E-state index in [4.69, 9.17) is 4.74 Å². The van der Waals surface area contributed by atoms with E-state index in [-0.39, 0.29) is 29.8 Å². The van der Waals surface area contributed by atoms with Crippen LogP contribution in [-0.2, 0) is 9.59 Å². The molecular weight excluding hydrogens is 426 g/mol. The van der Waals surface area contributed by atoms with Crippen molar-refractivity contribution in [2.45, 2.75) is 70.0 Å². The molecule has 1 aliphatic heterocycles. The zero-order valence-corrected chi connectivity index (χ0v) is 20.3. The SMILES string of the molecule is CNC(C)C(=O)NC(C(=O)N1CCC[C@H]1c1ccc(Oc2ccccc2)cc1)C1CCCCC1. The Morgan fingerprint density at radius 2 is 1.59 bits per heavy atom. The van der Waals surface area contributed by atoms with Crippen molar-refractivity contribution in [3.8, 4) is 11.5 Å². The number of nitrogens with one attached hydrogen (secondary N) is 2. The molecule has 182 valence electrons. The average Bonchev–Trinajstić information content (AvgIpc) is 3.38. The highest BCUT2D eigenvalue weighted by molar-refractivity contribution is 5.90. The molecule has 2 aromatic carbocycles. The summed E-state index contributed by atoms with van der Waals surface area (Å²) in [6.45, 7) is 2.56. The van der Waals surface area contributed by atoms with Gasteiger partial charge in [-0.15, -0.1) is 0 Å². The molecule has 6 heteroatoms. The number of ether oxygens (including phenoxy) is 1. The molecule has 1 aliphatic carbocycles. The number of hydrogen-bond acceptors (Lipinski definition) is 4. The van der Waals surface area contributed by atoms with Gasteiger partial charge in [0.25, 0.3) is 0 Å². The number of rotatable bonds is 8. The van der Waals surface area contributed by atoms with Gasteiger partial charge in [0.1, 0.15) is 17.5 Å². The summed E-state index contributed by atoms with van der Waals surface area (Å²) in [6.07, 6.45) is 7.35. The Bertz CT molecular complexity index is 941. The molecule has 1 saturated heterocycles. The van der Waals surface area contributed by atoms with Crippen molar-refractivity contribution < 1.29 is 14.3 Å². The molecule has 2 aliphatic rings. The van der Waals surface area contributed by atoms with Crippen molar-refractivity contribution in [2.75, 3.05) is 13.6 Å². The smallest absolute Gasteiger partial charge is 0.245 e. The predicted octanol–water partition coefficient (Wildman–Crippen LogP) is 4.82. The number of carbonyl (C=O) groups is 2. The van der Waals surface area contributed by atoms with E-state index in [1.165, 1.54) is 6.42 Å². The summed E-state index contributed by atoms with van der Waals surface area (Å²) in [7, 11) is 1.77. The molecule has 1 saturated carbocycles. The van der Waals surface area contributed by atoms with Crippen LogP contribution in [0.1, 0.15) is 63.5 Å². The summed E-state index contributed by atoms with van der Waals surface area (Å²) in [4.78, 5) is 28.6. The van der Waals surface area contributed by atoms with E-state index in [0.717, 1.165) is 62.1 Å². The van der Waals surface area contributed by atoms with Gasteiger partial charge in [0.05, 0.1) is 12.1 Å². The molecule has 4 rings (SSSR count). The van der Waals surface area contributed by atoms with E-state index in [1.54, 1.807) is 7.05 Å². The molecule has 2 aromatic rings. The molecule has 0 spiro atoms. The van der Waals surface area contributed by atoms with Crippen LogP contribution in [0.2, 0.25) is 0 Å². The maximum absolute atomic E-state index is 13.8. The van der Waals surface area contributed by atoms with Crippen LogP contribution in [0.3, 0.4) is 0 Å². The summed E-state index contributed by atoms with van der Waals surface area (Å²) in [6, 6.07) is 17.0. The first kappa shape index (κ1) is 24.3. The Balaban J connectivity index is 1.49. The Kier molecular flexibility index (Phi) is 8.22. The summed E-state index contributed by atoms with van der Waals surface area (Å²) in [5.74, 6) is 1.74. The lowest BCUT2D eigenvalue weighted by Crippen LogP contribution is -2.55. The van der Waals surface area contributed by atoms with Crippen LogP contribution in [0, 0.1) is 5.92 Å². The van der Waals surface area contributed by atoms with Crippen LogP contribution >= 0.6 is 0 Å². The van der Waals surface area contributed by atoms with Crippen molar-refractivity contribution in [1.82, 2.24) is 15.5 Å². The van der Waals surface area contributed by atoms with Crippen molar-refractivity contribution >= 4 is 11.8 Å². The van der Waals surface area contributed by atoms with Crippen LogP contribution < -0.4 is 15.4 Å². The van der Waals surface area contributed by atoms with E-state index < -0.39 is 6.04 Å². The summed E-state index contributed by atoms with van der Waals surface area (Å²) >= 11 is 0. The lowest BCUT2D eigenvalue weighted by Gasteiger charge is -2.35. The van der Waals surface area contributed by atoms with Crippen molar-refractivity contribution in [3.05, 3.63) is 60.2 Å². The minimum absolute atomic E-state index is 0.0305. The monoisotopic (exact) mass is 463 g/mol. The third-order valence-electron chi connectivity index (χ3n) is 7.29. The fourth-order valence-electron chi connectivity index (χ4n) is 5.20. The first-order valence-corrected chi connectivity index (χ1v) is 12.7. The van der Waals surface area contributed by atoms with Gasteiger partial charge < -0.3 is 20.3 Å². The van der Waals surface area contributed by atoms with E-state index in [1.807, 2.05) is 54.3 Å². The zero-order valence-electron chi connectivity index (χ0n) is 20.3. The largest absolute Gasteiger partial charge is 0.457 e. The highest BCUT2D eigenvalue weighted by Crippen LogP contribution is 2.36. The Morgan fingerprint density at radius 1 is 0.912 bits per heavy atom. The fraction of sp³-hybridized carbons (Fsp3) is 0.500. The zero-order chi connectivity index (χ0) is 23.9. The summed E-state index contributed by atoms with van der Waals surface area (Å²) in [5, 5.41) is 6.10. The number of nitrogens with zero attached hydrogens (tertiary/aromatic N) is 1. The van der Waals surface area contributed by atoms with Crippen molar-refractivity contribution in [3.63, 3.8) is 0 Å². The number of para-hydroxylation sites is 1. The Labute approximate surface area is 203 Å². The van der Waals surface area contributed by atoms with Gasteiger partial charge in [0.2, 0.25) is 11.8 Å². The maximum atomic E-state index is 13.8. The second kappa shape index (κ2) is 11.5. The van der Waals surface area contributed by atoms with Crippen LogP contribution in [-0.4, -0.2) is 42.4 Å². The van der Waals surface area contributed by atoms with Gasteiger partial charge in [0, 0.05) is 6.54 Å². The molecule has 0 aromatic heterocycles. The molecule has 0 radical (unpaired) electrons. The summed E-state index contributed by atoms with van der Waals surface area (Å²) in [5.41, 5.74) is 1.11. The van der Waals surface area contributed by atoms with Gasteiger partial charge in [0.15, 0.2) is 0 Å². The topological polar surface area (TPSA) is 70.7 Å². The van der Waals surface area contributed by atoms with Gasteiger partial charge in [-0.05, 0) is 75.4 Å². The molecule has 2 unspecified atom stereocenters. The molecule has 0 bridgehead atoms. The van der Waals surface area contributed by atoms with Crippen molar-refractivity contribution in [1.29, 1.82) is 0 Å². The molecule has 3 atom stereocenters. The van der Waals surface area contributed by atoms with Crippen LogP contribution in [0.5, 0.6) is 11.5 Å². The molecular formula is C28H37N3O3. The number of benzene rings is 2. The molecule has 34 heavy (non-hydrogen) atoms. The molecule has 6 nitrogen and oxygen atoms in total. The standard InChI is InChI=1S/C28H37N3O3/c1-20(29-2)27(32)30-26(22-10-5-3-6-11-22)28(33)31-19-9-14-25(31)21-15-17-24(18-16-21)34-23-12-7-4-8-13-23/h4,7-8,12-13,15-18,20,22,25-26,29H,3,5-6,9-11,14,19H2,1-2H3,(H,30,32)/t20?,25-,26?/m0/s1. The minimum Gasteiger partial charge on any atom is -0.457 e. The van der Waals surface area contributed by atoms with Crippen molar-refractivity contribution in [2.24, 2.45) is 5.92 Å².